The zero-order chi connectivity index (χ0) is 16.1. The fourth-order valence-corrected chi connectivity index (χ4v) is 2.47. The first-order valence-electron chi connectivity index (χ1n) is 6.66. The minimum Gasteiger partial charge on any atom is -0.318 e. The quantitative estimate of drug-likeness (QED) is 0.828. The minimum absolute atomic E-state index is 0.362. The largest absolute Gasteiger partial charge is 0.318 e. The molecule has 0 atom stereocenters. The summed E-state index contributed by atoms with van der Waals surface area (Å²) in [4.78, 5) is 23.9. The first-order valence-corrected chi connectivity index (χ1v) is 7.41. The first-order chi connectivity index (χ1) is 10.5. The summed E-state index contributed by atoms with van der Waals surface area (Å²) in [6.07, 6.45) is 0.752. The maximum Gasteiger partial charge on any atom is 0.314 e. The number of hydrogen-bond acceptors (Lipinski definition) is 2. The Hall–Kier alpha value is -2.04. The summed E-state index contributed by atoms with van der Waals surface area (Å²) < 4.78 is 0. The van der Waals surface area contributed by atoms with Crippen molar-refractivity contribution < 1.29 is 9.59 Å². The smallest absolute Gasteiger partial charge is 0.314 e. The molecule has 2 N–H and O–H groups in total. The summed E-state index contributed by atoms with van der Waals surface area (Å²) in [5.41, 5.74) is 1.94. The molecule has 0 aliphatic heterocycles. The second kappa shape index (κ2) is 7.29. The second-order valence-corrected chi connectivity index (χ2v) is 5.45. The van der Waals surface area contributed by atoms with Crippen LogP contribution in [0.5, 0.6) is 0 Å². The number of aryl methyl sites for hydroxylation is 1. The summed E-state index contributed by atoms with van der Waals surface area (Å²) in [7, 11) is 0. The molecule has 0 saturated heterocycles. The molecule has 0 fully saturated rings. The van der Waals surface area contributed by atoms with Gasteiger partial charge >= 0.3 is 11.8 Å². The molecule has 2 aromatic rings. The number of anilines is 2. The lowest BCUT2D eigenvalue weighted by atomic mass is 10.1. The Morgan fingerprint density at radius 3 is 2.18 bits per heavy atom. The highest BCUT2D eigenvalue weighted by Gasteiger charge is 2.15. The van der Waals surface area contributed by atoms with Gasteiger partial charge in [-0.05, 0) is 36.2 Å². The molecule has 0 saturated carbocycles. The average molecular weight is 337 g/mol. The number of hydrogen-bond donors (Lipinski definition) is 2. The van der Waals surface area contributed by atoms with Gasteiger partial charge in [-0.25, -0.2) is 0 Å². The van der Waals surface area contributed by atoms with Crippen LogP contribution in [0.15, 0.2) is 42.5 Å². The van der Waals surface area contributed by atoms with E-state index in [1.54, 1.807) is 12.1 Å². The van der Waals surface area contributed by atoms with Crippen LogP contribution in [0.2, 0.25) is 10.0 Å². The number of nitrogens with one attached hydrogen (secondary N) is 2. The molecule has 0 unspecified atom stereocenters. The maximum absolute atomic E-state index is 12.0. The third-order valence-electron chi connectivity index (χ3n) is 2.97. The molecule has 0 aromatic heterocycles. The van der Waals surface area contributed by atoms with Gasteiger partial charge in [0.25, 0.3) is 0 Å². The normalized spacial score (nSPS) is 10.1. The number of para-hydroxylation sites is 1. The standard InChI is InChI=1S/C16H14Cl2N2O2/c1-2-10-5-3-4-6-14(10)20-16(22)15(21)19-13-8-11(17)7-12(18)9-13/h3-9H,2H2,1H3,(H,19,21)(H,20,22). The van der Waals surface area contributed by atoms with Crippen molar-refractivity contribution in [2.75, 3.05) is 10.6 Å². The van der Waals surface area contributed by atoms with Crippen molar-refractivity contribution in [2.45, 2.75) is 13.3 Å². The van der Waals surface area contributed by atoms with E-state index < -0.39 is 11.8 Å². The number of carbonyl (C=O) groups is 2. The zero-order valence-corrected chi connectivity index (χ0v) is 13.3. The summed E-state index contributed by atoms with van der Waals surface area (Å²) in [6.45, 7) is 1.97. The number of benzene rings is 2. The molecule has 2 rings (SSSR count). The van der Waals surface area contributed by atoms with Crippen molar-refractivity contribution in [2.24, 2.45) is 0 Å². The van der Waals surface area contributed by atoms with E-state index in [-0.39, 0.29) is 0 Å². The van der Waals surface area contributed by atoms with Gasteiger partial charge in [0.05, 0.1) is 0 Å². The van der Waals surface area contributed by atoms with E-state index in [0.29, 0.717) is 21.4 Å². The van der Waals surface area contributed by atoms with E-state index >= 15 is 0 Å². The molecular weight excluding hydrogens is 323 g/mol. The van der Waals surface area contributed by atoms with Crippen molar-refractivity contribution in [3.8, 4) is 0 Å². The van der Waals surface area contributed by atoms with Gasteiger partial charge in [0.1, 0.15) is 0 Å². The van der Waals surface area contributed by atoms with E-state index in [4.69, 9.17) is 23.2 Å². The molecule has 0 aliphatic carbocycles. The summed E-state index contributed by atoms with van der Waals surface area (Å²) >= 11 is 11.7. The Kier molecular flexibility index (Phi) is 5.41. The monoisotopic (exact) mass is 336 g/mol. The Morgan fingerprint density at radius 2 is 1.55 bits per heavy atom. The molecule has 4 nitrogen and oxygen atoms in total. The van der Waals surface area contributed by atoms with Gasteiger partial charge in [0.15, 0.2) is 0 Å². The third-order valence-corrected chi connectivity index (χ3v) is 3.41. The molecule has 6 heteroatoms. The average Bonchev–Trinajstić information content (AvgIpc) is 2.46. The summed E-state index contributed by atoms with van der Waals surface area (Å²) in [5, 5.41) is 5.80. The summed E-state index contributed by atoms with van der Waals surface area (Å²) in [6, 6.07) is 11.9. The highest BCUT2D eigenvalue weighted by atomic mass is 35.5. The fourth-order valence-electron chi connectivity index (χ4n) is 1.94. The van der Waals surface area contributed by atoms with E-state index in [1.807, 2.05) is 19.1 Å². The van der Waals surface area contributed by atoms with Crippen LogP contribution < -0.4 is 10.6 Å². The Morgan fingerprint density at radius 1 is 0.955 bits per heavy atom. The van der Waals surface area contributed by atoms with Gasteiger partial charge in [-0.2, -0.15) is 0 Å². The van der Waals surface area contributed by atoms with Crippen LogP contribution in [0.4, 0.5) is 11.4 Å². The fraction of sp³-hybridized carbons (Fsp3) is 0.125. The van der Waals surface area contributed by atoms with Crippen molar-refractivity contribution in [1.82, 2.24) is 0 Å². The van der Waals surface area contributed by atoms with Gasteiger partial charge in [-0.3, -0.25) is 9.59 Å². The second-order valence-electron chi connectivity index (χ2n) is 4.58. The molecule has 0 heterocycles. The van der Waals surface area contributed by atoms with E-state index in [0.717, 1.165) is 12.0 Å². The SMILES string of the molecule is CCc1ccccc1NC(=O)C(=O)Nc1cc(Cl)cc(Cl)c1. The first kappa shape index (κ1) is 16.3. The van der Waals surface area contributed by atoms with Crippen LogP contribution >= 0.6 is 23.2 Å². The van der Waals surface area contributed by atoms with Gasteiger partial charge in [-0.15, -0.1) is 0 Å². The van der Waals surface area contributed by atoms with Crippen LogP contribution in [0, 0.1) is 0 Å². The van der Waals surface area contributed by atoms with E-state index in [9.17, 15) is 9.59 Å². The van der Waals surface area contributed by atoms with Crippen LogP contribution in [0.1, 0.15) is 12.5 Å². The molecule has 2 aromatic carbocycles. The van der Waals surface area contributed by atoms with Crippen LogP contribution in [-0.4, -0.2) is 11.8 Å². The molecule has 0 radical (unpaired) electrons. The van der Waals surface area contributed by atoms with Gasteiger partial charge in [-0.1, -0.05) is 48.3 Å². The molecular formula is C16H14Cl2N2O2. The lowest BCUT2D eigenvalue weighted by Crippen LogP contribution is -2.29. The predicted molar refractivity (Wildman–Crippen MR) is 89.5 cm³/mol. The minimum atomic E-state index is -0.788. The van der Waals surface area contributed by atoms with Crippen molar-refractivity contribution >= 4 is 46.4 Å². The van der Waals surface area contributed by atoms with Crippen LogP contribution in [0.25, 0.3) is 0 Å². The van der Waals surface area contributed by atoms with Crippen LogP contribution in [0.3, 0.4) is 0 Å². The van der Waals surface area contributed by atoms with E-state index in [1.165, 1.54) is 18.2 Å². The topological polar surface area (TPSA) is 58.2 Å². The number of halogens is 2. The van der Waals surface area contributed by atoms with Gasteiger partial charge in [0, 0.05) is 21.4 Å². The number of amides is 2. The molecule has 22 heavy (non-hydrogen) atoms. The zero-order valence-electron chi connectivity index (χ0n) is 11.8. The van der Waals surface area contributed by atoms with Crippen molar-refractivity contribution in [3.05, 3.63) is 58.1 Å². The third kappa shape index (κ3) is 4.23. The van der Waals surface area contributed by atoms with E-state index in [2.05, 4.69) is 10.6 Å². The summed E-state index contributed by atoms with van der Waals surface area (Å²) in [5.74, 6) is -1.54. The number of rotatable bonds is 3. The predicted octanol–water partition coefficient (Wildman–Crippen LogP) is 4.13. The molecule has 2 amide bonds. The molecule has 0 aliphatic rings. The highest BCUT2D eigenvalue weighted by molar-refractivity contribution is 6.44. The Bertz CT molecular complexity index is 697. The number of carbonyl (C=O) groups excluding carboxylic acids is 2. The van der Waals surface area contributed by atoms with Gasteiger partial charge < -0.3 is 10.6 Å². The van der Waals surface area contributed by atoms with Crippen molar-refractivity contribution in [1.29, 1.82) is 0 Å². The maximum atomic E-state index is 12.0. The highest BCUT2D eigenvalue weighted by Crippen LogP contribution is 2.22. The van der Waals surface area contributed by atoms with Gasteiger partial charge in [0.2, 0.25) is 0 Å². The lowest BCUT2D eigenvalue weighted by molar-refractivity contribution is -0.133. The molecule has 0 spiro atoms. The Balaban J connectivity index is 2.07. The van der Waals surface area contributed by atoms with Crippen molar-refractivity contribution in [3.63, 3.8) is 0 Å². The Labute approximate surface area is 138 Å². The molecule has 114 valence electrons. The van der Waals surface area contributed by atoms with Crippen LogP contribution in [-0.2, 0) is 16.0 Å². The lowest BCUT2D eigenvalue weighted by Gasteiger charge is -2.10. The molecule has 0 bridgehead atoms.